The predicted octanol–water partition coefficient (Wildman–Crippen LogP) is 1.67. The molecule has 0 saturated heterocycles. The van der Waals surface area contributed by atoms with Gasteiger partial charge in [-0.1, -0.05) is 33.1 Å². The Morgan fingerprint density at radius 1 is 1.09 bits per heavy atom. The molecule has 0 radical (unpaired) electrons. The average molecular weight is 493 g/mol. The molecule has 1 aliphatic carbocycles. The Morgan fingerprint density at radius 2 is 1.68 bits per heavy atom. The summed E-state index contributed by atoms with van der Waals surface area (Å²) in [5.74, 6) is -1.86. The van der Waals surface area contributed by atoms with E-state index in [9.17, 15) is 28.1 Å². The quantitative estimate of drug-likeness (QED) is 0.491. The number of esters is 1. The summed E-state index contributed by atoms with van der Waals surface area (Å²) in [5.41, 5.74) is -0.698. The van der Waals surface area contributed by atoms with Gasteiger partial charge in [0.25, 0.3) is 11.8 Å². The van der Waals surface area contributed by atoms with Crippen molar-refractivity contribution in [3.63, 3.8) is 0 Å². The molecule has 2 amide bonds. The number of nitrogens with one attached hydrogen (secondary N) is 1. The van der Waals surface area contributed by atoms with E-state index in [1.165, 1.54) is 40.5 Å². The number of carbonyl (C=O) groups is 3. The third kappa shape index (κ3) is 6.33. The number of ether oxygens (including phenoxy) is 1. The first-order valence-corrected chi connectivity index (χ1v) is 12.8. The van der Waals surface area contributed by atoms with Crippen LogP contribution in [-0.2, 0) is 24.3 Å². The van der Waals surface area contributed by atoms with Crippen LogP contribution in [0.4, 0.5) is 0 Å². The summed E-state index contributed by atoms with van der Waals surface area (Å²) in [5, 5.41) is 12.0. The highest BCUT2D eigenvalue weighted by atomic mass is 32.2. The Balaban J connectivity index is 1.86. The first-order valence-electron chi connectivity index (χ1n) is 11.3. The van der Waals surface area contributed by atoms with E-state index in [4.69, 9.17) is 4.74 Å². The summed E-state index contributed by atoms with van der Waals surface area (Å²) in [4.78, 5) is 38.2. The van der Waals surface area contributed by atoms with Crippen molar-refractivity contribution in [2.45, 2.75) is 56.4 Å². The van der Waals surface area contributed by atoms with Gasteiger partial charge in [-0.3, -0.25) is 14.4 Å². The highest BCUT2D eigenvalue weighted by Crippen LogP contribution is 2.32. The van der Waals surface area contributed by atoms with Crippen molar-refractivity contribution in [2.24, 2.45) is 0 Å². The van der Waals surface area contributed by atoms with Gasteiger partial charge in [0.15, 0.2) is 6.61 Å². The zero-order valence-corrected chi connectivity index (χ0v) is 20.7. The molecule has 2 rings (SSSR count). The second kappa shape index (κ2) is 11.9. The molecular formula is C23H32N4O6S. The number of nitriles is 1. The van der Waals surface area contributed by atoms with Gasteiger partial charge >= 0.3 is 5.97 Å². The molecule has 10 nitrogen and oxygen atoms in total. The molecular weight excluding hydrogens is 460 g/mol. The Hall–Kier alpha value is -2.97. The van der Waals surface area contributed by atoms with Crippen molar-refractivity contribution in [3.8, 4) is 6.07 Å². The molecule has 1 aliphatic rings. The van der Waals surface area contributed by atoms with E-state index in [0.29, 0.717) is 25.9 Å². The molecule has 1 saturated carbocycles. The van der Waals surface area contributed by atoms with E-state index in [1.54, 1.807) is 13.8 Å². The maximum atomic E-state index is 12.5. The Labute approximate surface area is 200 Å². The lowest BCUT2D eigenvalue weighted by Crippen LogP contribution is -2.51. The summed E-state index contributed by atoms with van der Waals surface area (Å²) in [6.07, 6.45) is 3.92. The van der Waals surface area contributed by atoms with Gasteiger partial charge in [0.1, 0.15) is 12.1 Å². The smallest absolute Gasteiger partial charge is 0.325 e. The minimum Gasteiger partial charge on any atom is -0.454 e. The van der Waals surface area contributed by atoms with E-state index < -0.39 is 46.5 Å². The molecule has 11 heteroatoms. The third-order valence-electron chi connectivity index (χ3n) is 6.11. The fourth-order valence-electron chi connectivity index (χ4n) is 3.93. The highest BCUT2D eigenvalue weighted by Gasteiger charge is 2.39. The standard InChI is InChI=1S/C23H32N4O6S/c1-4-27(5-2)34(31,32)19-11-9-18(10-12-19)22(30)25-15-21(29)33-16-20(28)26(3)23(17-24)13-7-6-8-14-23/h9-12H,4-8,13-16H2,1-3H3,(H,25,30). The van der Waals surface area contributed by atoms with Crippen LogP contribution in [-0.4, -0.2) is 74.2 Å². The Bertz CT molecular complexity index is 1020. The fourth-order valence-corrected chi connectivity index (χ4v) is 5.39. The molecule has 34 heavy (non-hydrogen) atoms. The summed E-state index contributed by atoms with van der Waals surface area (Å²) < 4.78 is 31.3. The number of nitrogens with zero attached hydrogens (tertiary/aromatic N) is 3. The molecule has 1 aromatic rings. The molecule has 0 heterocycles. The van der Waals surface area contributed by atoms with Crippen LogP contribution in [0.2, 0.25) is 0 Å². The molecule has 0 aromatic heterocycles. The monoisotopic (exact) mass is 492 g/mol. The Kier molecular flexibility index (Phi) is 9.58. The molecule has 1 N–H and O–H groups in total. The van der Waals surface area contributed by atoms with Gasteiger partial charge in [0.2, 0.25) is 10.0 Å². The number of carbonyl (C=O) groups excluding carboxylic acids is 3. The normalized spacial score (nSPS) is 15.3. The van der Waals surface area contributed by atoms with Crippen LogP contribution in [0.25, 0.3) is 0 Å². The largest absolute Gasteiger partial charge is 0.454 e. The van der Waals surface area contributed by atoms with Crippen LogP contribution in [0.15, 0.2) is 29.2 Å². The first-order chi connectivity index (χ1) is 16.1. The highest BCUT2D eigenvalue weighted by molar-refractivity contribution is 7.89. The first kappa shape index (κ1) is 27.3. The number of amides is 2. The summed E-state index contributed by atoms with van der Waals surface area (Å²) in [6.45, 7) is 3.17. The van der Waals surface area contributed by atoms with E-state index in [1.807, 2.05) is 0 Å². The van der Waals surface area contributed by atoms with Gasteiger partial charge in [-0.2, -0.15) is 9.57 Å². The second-order valence-electron chi connectivity index (χ2n) is 8.11. The van der Waals surface area contributed by atoms with Crippen molar-refractivity contribution < 1.29 is 27.5 Å². The molecule has 1 aromatic carbocycles. The van der Waals surface area contributed by atoms with Gasteiger partial charge in [0, 0.05) is 25.7 Å². The van der Waals surface area contributed by atoms with E-state index in [-0.39, 0.29) is 10.5 Å². The zero-order chi connectivity index (χ0) is 25.4. The van der Waals surface area contributed by atoms with Crippen molar-refractivity contribution in [3.05, 3.63) is 29.8 Å². The topological polar surface area (TPSA) is 137 Å². The van der Waals surface area contributed by atoms with Crippen LogP contribution in [0.3, 0.4) is 0 Å². The second-order valence-corrected chi connectivity index (χ2v) is 10.1. The lowest BCUT2D eigenvalue weighted by Gasteiger charge is -2.38. The number of hydrogen-bond acceptors (Lipinski definition) is 7. The van der Waals surface area contributed by atoms with Gasteiger partial charge < -0.3 is 15.0 Å². The maximum absolute atomic E-state index is 12.5. The number of hydrogen-bond donors (Lipinski definition) is 1. The van der Waals surface area contributed by atoms with Crippen LogP contribution >= 0.6 is 0 Å². The third-order valence-corrected chi connectivity index (χ3v) is 8.18. The molecule has 0 unspecified atom stereocenters. The van der Waals surface area contributed by atoms with Gasteiger partial charge in [0.05, 0.1) is 11.0 Å². The molecule has 186 valence electrons. The Morgan fingerprint density at radius 3 is 2.21 bits per heavy atom. The lowest BCUT2D eigenvalue weighted by atomic mass is 9.81. The number of benzene rings is 1. The van der Waals surface area contributed by atoms with Crippen molar-refractivity contribution >= 4 is 27.8 Å². The fraction of sp³-hybridized carbons (Fsp3) is 0.565. The predicted molar refractivity (Wildman–Crippen MR) is 124 cm³/mol. The van der Waals surface area contributed by atoms with Crippen LogP contribution in [0, 0.1) is 11.3 Å². The van der Waals surface area contributed by atoms with E-state index in [2.05, 4.69) is 11.4 Å². The number of rotatable bonds is 10. The number of sulfonamides is 1. The molecule has 0 aliphatic heterocycles. The average Bonchev–Trinajstić information content (AvgIpc) is 2.86. The van der Waals surface area contributed by atoms with Crippen LogP contribution < -0.4 is 5.32 Å². The van der Waals surface area contributed by atoms with Crippen molar-refractivity contribution in [1.29, 1.82) is 5.26 Å². The van der Waals surface area contributed by atoms with Gasteiger partial charge in [-0.05, 0) is 37.1 Å². The van der Waals surface area contributed by atoms with E-state index in [0.717, 1.165) is 19.3 Å². The van der Waals surface area contributed by atoms with E-state index >= 15 is 0 Å². The minimum atomic E-state index is -3.64. The lowest BCUT2D eigenvalue weighted by molar-refractivity contribution is -0.152. The molecule has 0 bridgehead atoms. The van der Waals surface area contributed by atoms with Crippen LogP contribution in [0.1, 0.15) is 56.3 Å². The van der Waals surface area contributed by atoms with Crippen molar-refractivity contribution in [1.82, 2.24) is 14.5 Å². The maximum Gasteiger partial charge on any atom is 0.325 e. The van der Waals surface area contributed by atoms with Gasteiger partial charge in [-0.15, -0.1) is 0 Å². The zero-order valence-electron chi connectivity index (χ0n) is 19.9. The molecule has 0 spiro atoms. The molecule has 1 fully saturated rings. The summed E-state index contributed by atoms with van der Waals surface area (Å²) >= 11 is 0. The summed E-state index contributed by atoms with van der Waals surface area (Å²) in [6, 6.07) is 7.64. The van der Waals surface area contributed by atoms with Gasteiger partial charge in [-0.25, -0.2) is 8.42 Å². The van der Waals surface area contributed by atoms with Crippen molar-refractivity contribution in [2.75, 3.05) is 33.3 Å². The minimum absolute atomic E-state index is 0.0721. The SMILES string of the molecule is CCN(CC)S(=O)(=O)c1ccc(C(=O)NCC(=O)OCC(=O)N(C)C2(C#N)CCCCC2)cc1. The van der Waals surface area contributed by atoms with Crippen LogP contribution in [0.5, 0.6) is 0 Å². The number of likely N-dealkylation sites (N-methyl/N-ethyl adjacent to an activating group) is 1. The summed E-state index contributed by atoms with van der Waals surface area (Å²) in [7, 11) is -2.10. The molecule has 0 atom stereocenters.